The lowest BCUT2D eigenvalue weighted by Crippen LogP contribution is -2.23. The van der Waals surface area contributed by atoms with Crippen molar-refractivity contribution in [2.24, 2.45) is 5.73 Å². The molecule has 0 aliphatic rings. The van der Waals surface area contributed by atoms with Crippen LogP contribution in [0.1, 0.15) is 10.4 Å². The first-order chi connectivity index (χ1) is 6.75. The van der Waals surface area contributed by atoms with E-state index in [4.69, 9.17) is 10.2 Å². The van der Waals surface area contributed by atoms with Crippen molar-refractivity contribution in [2.45, 2.75) is 0 Å². The van der Waals surface area contributed by atoms with Gasteiger partial charge in [0.2, 0.25) is 0 Å². The average molecular weight is 259 g/mol. The maximum absolute atomic E-state index is 11.4. The Balaban J connectivity index is 2.44. The summed E-state index contributed by atoms with van der Waals surface area (Å²) in [7, 11) is 0. The lowest BCUT2D eigenvalue weighted by atomic mass is 10.3. The highest BCUT2D eigenvalue weighted by atomic mass is 79.9. The summed E-state index contributed by atoms with van der Waals surface area (Å²) in [5, 5.41) is 2.69. The fourth-order valence-electron chi connectivity index (χ4n) is 0.882. The molecule has 3 N–H and O–H groups in total. The average Bonchev–Trinajstić information content (AvgIpc) is 2.59. The largest absolute Gasteiger partial charge is 0.457 e. The molecule has 0 atom stereocenters. The van der Waals surface area contributed by atoms with Crippen LogP contribution < -0.4 is 11.1 Å². The molecule has 0 fully saturated rings. The lowest BCUT2D eigenvalue weighted by Gasteiger charge is -1.98. The zero-order valence-corrected chi connectivity index (χ0v) is 9.08. The van der Waals surface area contributed by atoms with E-state index in [1.54, 1.807) is 18.2 Å². The highest BCUT2D eigenvalue weighted by Crippen LogP contribution is 2.16. The molecule has 76 valence electrons. The van der Waals surface area contributed by atoms with E-state index in [0.717, 1.165) is 0 Å². The third-order valence-electron chi connectivity index (χ3n) is 1.55. The minimum absolute atomic E-state index is 0.174. The van der Waals surface area contributed by atoms with E-state index in [0.29, 0.717) is 23.3 Å². The second-order valence-electron chi connectivity index (χ2n) is 2.53. The van der Waals surface area contributed by atoms with Crippen LogP contribution in [0.15, 0.2) is 33.6 Å². The monoisotopic (exact) mass is 258 g/mol. The summed E-state index contributed by atoms with van der Waals surface area (Å²) in [6, 6.07) is 1.60. The van der Waals surface area contributed by atoms with Crippen LogP contribution in [-0.2, 0) is 0 Å². The fourth-order valence-corrected chi connectivity index (χ4v) is 1.30. The van der Waals surface area contributed by atoms with Gasteiger partial charge in [0.15, 0.2) is 4.67 Å². The van der Waals surface area contributed by atoms with Crippen molar-refractivity contribution in [3.05, 3.63) is 34.7 Å². The normalized spacial score (nSPS) is 10.7. The van der Waals surface area contributed by atoms with Gasteiger partial charge in [0.25, 0.3) is 5.91 Å². The maximum atomic E-state index is 11.4. The molecule has 1 aromatic heterocycles. The smallest absolute Gasteiger partial charge is 0.256 e. The van der Waals surface area contributed by atoms with Gasteiger partial charge in [-0.2, -0.15) is 0 Å². The number of nitrogens with one attached hydrogen (secondary N) is 1. The Bertz CT molecular complexity index is 333. The minimum atomic E-state index is -0.174. The molecule has 0 spiro atoms. The van der Waals surface area contributed by atoms with Gasteiger partial charge >= 0.3 is 0 Å². The molecular formula is C9H11BrN2O2. The van der Waals surface area contributed by atoms with Gasteiger partial charge in [-0.25, -0.2) is 0 Å². The lowest BCUT2D eigenvalue weighted by molar-refractivity contribution is 0.0956. The summed E-state index contributed by atoms with van der Waals surface area (Å²) < 4.78 is 5.37. The van der Waals surface area contributed by atoms with Crippen LogP contribution in [0.5, 0.6) is 0 Å². The molecule has 1 amide bonds. The zero-order valence-electron chi connectivity index (χ0n) is 7.50. The quantitative estimate of drug-likeness (QED) is 0.800. The molecule has 1 heterocycles. The molecule has 0 aliphatic heterocycles. The van der Waals surface area contributed by atoms with Gasteiger partial charge in [0.1, 0.15) is 0 Å². The number of hydrogen-bond donors (Lipinski definition) is 2. The first-order valence-electron chi connectivity index (χ1n) is 4.12. The number of halogens is 1. The number of amides is 1. The summed E-state index contributed by atoms with van der Waals surface area (Å²) >= 11 is 3.12. The van der Waals surface area contributed by atoms with E-state index >= 15 is 0 Å². The van der Waals surface area contributed by atoms with Crippen molar-refractivity contribution in [3.63, 3.8) is 0 Å². The van der Waals surface area contributed by atoms with Crippen LogP contribution in [0.4, 0.5) is 0 Å². The third-order valence-corrected chi connectivity index (χ3v) is 2.16. The summed E-state index contributed by atoms with van der Waals surface area (Å²) in [6.45, 7) is 0.943. The second kappa shape index (κ2) is 5.62. The number of rotatable bonds is 4. The maximum Gasteiger partial charge on any atom is 0.256 e. The van der Waals surface area contributed by atoms with Crippen LogP contribution in [0.25, 0.3) is 0 Å². The molecule has 0 saturated heterocycles. The molecule has 0 aliphatic carbocycles. The van der Waals surface area contributed by atoms with Gasteiger partial charge in [-0.05, 0) is 22.0 Å². The molecule has 4 nitrogen and oxygen atoms in total. The van der Waals surface area contributed by atoms with Crippen molar-refractivity contribution in [2.75, 3.05) is 13.1 Å². The highest BCUT2D eigenvalue weighted by molar-refractivity contribution is 9.10. The van der Waals surface area contributed by atoms with Crippen LogP contribution in [-0.4, -0.2) is 19.0 Å². The molecule has 0 saturated carbocycles. The van der Waals surface area contributed by atoms with E-state index in [2.05, 4.69) is 21.2 Å². The second-order valence-corrected chi connectivity index (χ2v) is 3.25. The highest BCUT2D eigenvalue weighted by Gasteiger charge is 2.10. The van der Waals surface area contributed by atoms with Gasteiger partial charge in [-0.3, -0.25) is 4.79 Å². The Kier molecular flexibility index (Phi) is 4.42. The molecule has 0 radical (unpaired) electrons. The number of carbonyl (C=O) groups is 1. The van der Waals surface area contributed by atoms with Crippen LogP contribution in [0.3, 0.4) is 0 Å². The Hall–Kier alpha value is -1.07. The number of furan rings is 1. The molecule has 14 heavy (non-hydrogen) atoms. The third kappa shape index (κ3) is 3.01. The van der Waals surface area contributed by atoms with Crippen LogP contribution in [0, 0.1) is 0 Å². The Morgan fingerprint density at radius 2 is 2.43 bits per heavy atom. The summed E-state index contributed by atoms with van der Waals surface area (Å²) in [4.78, 5) is 11.4. The Labute approximate surface area is 90.3 Å². The Morgan fingerprint density at radius 1 is 1.64 bits per heavy atom. The van der Waals surface area contributed by atoms with Gasteiger partial charge < -0.3 is 15.5 Å². The topological polar surface area (TPSA) is 68.3 Å². The summed E-state index contributed by atoms with van der Waals surface area (Å²) in [6.07, 6.45) is 5.03. The van der Waals surface area contributed by atoms with E-state index in [-0.39, 0.29) is 5.91 Å². The van der Waals surface area contributed by atoms with E-state index in [1.165, 1.54) is 6.26 Å². The van der Waals surface area contributed by atoms with Crippen LogP contribution >= 0.6 is 15.9 Å². The number of nitrogens with two attached hydrogens (primary N) is 1. The van der Waals surface area contributed by atoms with Gasteiger partial charge in [0.05, 0.1) is 11.8 Å². The first-order valence-corrected chi connectivity index (χ1v) is 4.91. The van der Waals surface area contributed by atoms with Crippen molar-refractivity contribution in [1.29, 1.82) is 0 Å². The molecular weight excluding hydrogens is 248 g/mol. The molecule has 0 aromatic carbocycles. The number of hydrogen-bond acceptors (Lipinski definition) is 3. The molecule has 1 aromatic rings. The molecule has 0 bridgehead atoms. The zero-order chi connectivity index (χ0) is 10.4. The van der Waals surface area contributed by atoms with Crippen molar-refractivity contribution >= 4 is 21.8 Å². The van der Waals surface area contributed by atoms with Crippen molar-refractivity contribution in [1.82, 2.24) is 5.32 Å². The number of carbonyl (C=O) groups excluding carboxylic acids is 1. The van der Waals surface area contributed by atoms with Crippen molar-refractivity contribution in [3.8, 4) is 0 Å². The predicted molar refractivity (Wildman–Crippen MR) is 56.9 cm³/mol. The van der Waals surface area contributed by atoms with Gasteiger partial charge in [-0.15, -0.1) is 0 Å². The Morgan fingerprint density at radius 3 is 3.00 bits per heavy atom. The standard InChI is InChI=1S/C9H11BrN2O2/c10-8-7(3-6-14-8)9(13)12-5-2-1-4-11/h1-3,6H,4-5,11H2,(H,12,13)/b2-1+. The molecule has 1 rings (SSSR count). The van der Waals surface area contributed by atoms with E-state index in [1.807, 2.05) is 0 Å². The molecule has 5 heteroatoms. The van der Waals surface area contributed by atoms with Crippen molar-refractivity contribution < 1.29 is 9.21 Å². The van der Waals surface area contributed by atoms with E-state index in [9.17, 15) is 4.79 Å². The first kappa shape index (κ1) is 11.0. The van der Waals surface area contributed by atoms with E-state index < -0.39 is 0 Å². The molecule has 0 unspecified atom stereocenters. The fraction of sp³-hybridized carbons (Fsp3) is 0.222. The van der Waals surface area contributed by atoms with Gasteiger partial charge in [-0.1, -0.05) is 12.2 Å². The summed E-state index contributed by atoms with van der Waals surface area (Å²) in [5.41, 5.74) is 5.73. The summed E-state index contributed by atoms with van der Waals surface area (Å²) in [5.74, 6) is -0.174. The van der Waals surface area contributed by atoms with Crippen LogP contribution in [0.2, 0.25) is 0 Å². The van der Waals surface area contributed by atoms with Gasteiger partial charge in [0, 0.05) is 13.1 Å². The minimum Gasteiger partial charge on any atom is -0.457 e. The SMILES string of the molecule is NC/C=C/CNC(=O)c1ccoc1Br. The predicted octanol–water partition coefficient (Wildman–Crippen LogP) is 1.29.